The molecule has 0 unspecified atom stereocenters. The second-order valence-corrected chi connectivity index (χ2v) is 7.12. The number of para-hydroxylation sites is 1. The zero-order valence-corrected chi connectivity index (χ0v) is 15.1. The topological polar surface area (TPSA) is 150 Å². The highest BCUT2D eigenvalue weighted by molar-refractivity contribution is 7.92. The number of sulfonamides is 1. The van der Waals surface area contributed by atoms with Gasteiger partial charge in [-0.2, -0.15) is 0 Å². The fourth-order valence-corrected chi connectivity index (χ4v) is 2.86. The summed E-state index contributed by atoms with van der Waals surface area (Å²) in [5, 5.41) is 2.38. The van der Waals surface area contributed by atoms with Crippen molar-refractivity contribution >= 4 is 38.8 Å². The second-order valence-electron chi connectivity index (χ2n) is 5.37. The predicted molar refractivity (Wildman–Crippen MR) is 102 cm³/mol. The lowest BCUT2D eigenvalue weighted by Crippen LogP contribution is -2.12. The van der Waals surface area contributed by atoms with Crippen LogP contribution in [0.3, 0.4) is 0 Å². The second kappa shape index (κ2) is 7.89. The van der Waals surface area contributed by atoms with E-state index in [0.717, 1.165) is 12.5 Å². The van der Waals surface area contributed by atoms with Gasteiger partial charge in [0.2, 0.25) is 21.9 Å². The molecule has 0 saturated heterocycles. The number of fused-ring (bicyclic) bond motifs is 1. The first-order valence-corrected chi connectivity index (χ1v) is 9.27. The third-order valence-electron chi connectivity index (χ3n) is 3.36. The fraction of sp³-hybridized carbons (Fsp3) is 0.0588. The molecular weight excluding hydrogens is 374 g/mol. The number of anilines is 2. The first-order chi connectivity index (χ1) is 12.4. The van der Waals surface area contributed by atoms with E-state index < -0.39 is 15.5 Å². The van der Waals surface area contributed by atoms with Crippen LogP contribution >= 0.6 is 0 Å². The molecule has 3 aromatic rings. The van der Waals surface area contributed by atoms with E-state index in [-0.39, 0.29) is 34.2 Å². The molecule has 3 rings (SSSR count). The van der Waals surface area contributed by atoms with Crippen LogP contribution in [0.4, 0.5) is 11.4 Å². The Morgan fingerprint density at radius 3 is 2.44 bits per heavy atom. The summed E-state index contributed by atoms with van der Waals surface area (Å²) in [6, 6.07) is 11.4. The van der Waals surface area contributed by atoms with Gasteiger partial charge in [0, 0.05) is 6.07 Å². The Morgan fingerprint density at radius 1 is 1.11 bits per heavy atom. The van der Waals surface area contributed by atoms with Crippen molar-refractivity contribution in [3.05, 3.63) is 59.0 Å². The molecule has 5 N–H and O–H groups in total. The van der Waals surface area contributed by atoms with Gasteiger partial charge in [0.15, 0.2) is 5.75 Å². The average Bonchev–Trinajstić information content (AvgIpc) is 2.58. The quantitative estimate of drug-likeness (QED) is 0.547. The zero-order chi connectivity index (χ0) is 18.7. The number of carbonyl (C=O) groups is 1. The lowest BCUT2D eigenvalue weighted by atomic mass is 10.2. The minimum absolute atomic E-state index is 0. The van der Waals surface area contributed by atoms with Crippen LogP contribution in [-0.4, -0.2) is 21.1 Å². The van der Waals surface area contributed by atoms with Crippen molar-refractivity contribution < 1.29 is 22.4 Å². The number of nitrogens with one attached hydrogen (secondary N) is 2. The van der Waals surface area contributed by atoms with Crippen LogP contribution < -0.4 is 26.4 Å². The van der Waals surface area contributed by atoms with E-state index in [4.69, 9.17) is 9.15 Å². The van der Waals surface area contributed by atoms with Gasteiger partial charge in [-0.1, -0.05) is 18.2 Å². The van der Waals surface area contributed by atoms with E-state index in [2.05, 4.69) is 10.0 Å². The van der Waals surface area contributed by atoms with E-state index in [9.17, 15) is 18.0 Å². The third-order valence-corrected chi connectivity index (χ3v) is 3.95. The van der Waals surface area contributed by atoms with Crippen LogP contribution in [0.5, 0.6) is 11.5 Å². The number of carbonyl (C=O) groups excluding carboxylic acids is 1. The molecule has 9 nitrogen and oxygen atoms in total. The number of amides is 1. The normalized spacial score (nSPS) is 10.7. The summed E-state index contributed by atoms with van der Waals surface area (Å²) in [4.78, 5) is 23.0. The summed E-state index contributed by atoms with van der Waals surface area (Å²) >= 11 is 0. The number of benzene rings is 2. The molecule has 10 heteroatoms. The summed E-state index contributed by atoms with van der Waals surface area (Å²) in [5.74, 6) is 0.569. The number of rotatable bonds is 6. The summed E-state index contributed by atoms with van der Waals surface area (Å²) in [6.07, 6.45) is 2.44. The van der Waals surface area contributed by atoms with Crippen LogP contribution in [0.15, 0.2) is 57.9 Å². The van der Waals surface area contributed by atoms with Crippen LogP contribution in [0.25, 0.3) is 11.0 Å². The van der Waals surface area contributed by atoms with Crippen molar-refractivity contribution in [2.75, 3.05) is 16.3 Å². The molecule has 1 aromatic heterocycles. The molecule has 0 fully saturated rings. The molecule has 0 radical (unpaired) electrons. The van der Waals surface area contributed by atoms with Crippen molar-refractivity contribution in [1.82, 2.24) is 6.15 Å². The number of hydrogen-bond donors (Lipinski definition) is 3. The summed E-state index contributed by atoms with van der Waals surface area (Å²) < 4.78 is 36.7. The van der Waals surface area contributed by atoms with E-state index in [1.54, 1.807) is 30.3 Å². The SMILES string of the molecule is CS(=O)(=O)Nc1cc2occ(NC=O)c(=O)c2cc1Oc1ccccc1.N. The highest BCUT2D eigenvalue weighted by atomic mass is 32.2. The number of hydrogen-bond acceptors (Lipinski definition) is 7. The van der Waals surface area contributed by atoms with Crippen molar-refractivity contribution in [3.8, 4) is 11.5 Å². The maximum absolute atomic E-state index is 12.4. The molecule has 27 heavy (non-hydrogen) atoms. The first-order valence-electron chi connectivity index (χ1n) is 7.38. The fourth-order valence-electron chi connectivity index (χ4n) is 2.30. The molecule has 0 bridgehead atoms. The maximum Gasteiger partial charge on any atom is 0.229 e. The van der Waals surface area contributed by atoms with Crippen molar-refractivity contribution in [3.63, 3.8) is 0 Å². The third kappa shape index (κ3) is 4.63. The summed E-state index contributed by atoms with van der Waals surface area (Å²) in [5.41, 5.74) is -0.273. The van der Waals surface area contributed by atoms with Crippen LogP contribution in [0, 0.1) is 0 Å². The first kappa shape index (κ1) is 19.9. The Morgan fingerprint density at radius 2 is 1.81 bits per heavy atom. The van der Waals surface area contributed by atoms with Crippen molar-refractivity contribution in [1.29, 1.82) is 0 Å². The van der Waals surface area contributed by atoms with E-state index in [1.807, 2.05) is 0 Å². The van der Waals surface area contributed by atoms with Crippen molar-refractivity contribution in [2.24, 2.45) is 0 Å². The Kier molecular flexibility index (Phi) is 5.83. The monoisotopic (exact) mass is 391 g/mol. The van der Waals surface area contributed by atoms with E-state index in [0.29, 0.717) is 12.2 Å². The molecule has 1 heterocycles. The lowest BCUT2D eigenvalue weighted by Gasteiger charge is -2.13. The van der Waals surface area contributed by atoms with Gasteiger partial charge in [0.05, 0.1) is 17.3 Å². The molecule has 0 atom stereocenters. The Labute approximate surface area is 154 Å². The lowest BCUT2D eigenvalue weighted by molar-refractivity contribution is -0.105. The highest BCUT2D eigenvalue weighted by Crippen LogP contribution is 2.34. The van der Waals surface area contributed by atoms with Gasteiger partial charge < -0.3 is 20.6 Å². The summed E-state index contributed by atoms with van der Waals surface area (Å²) in [6.45, 7) is 0. The van der Waals surface area contributed by atoms with E-state index in [1.165, 1.54) is 12.1 Å². The zero-order valence-electron chi connectivity index (χ0n) is 14.3. The largest absolute Gasteiger partial charge is 0.462 e. The average molecular weight is 391 g/mol. The van der Waals surface area contributed by atoms with Gasteiger partial charge >= 0.3 is 0 Å². The molecule has 1 amide bonds. The molecule has 0 aliphatic heterocycles. The van der Waals surface area contributed by atoms with E-state index >= 15 is 0 Å². The minimum Gasteiger partial charge on any atom is -0.462 e. The van der Waals surface area contributed by atoms with Crippen LogP contribution in [0.1, 0.15) is 0 Å². The smallest absolute Gasteiger partial charge is 0.229 e. The Bertz CT molecular complexity index is 1130. The van der Waals surface area contributed by atoms with Gasteiger partial charge in [-0.3, -0.25) is 14.3 Å². The van der Waals surface area contributed by atoms with Gasteiger partial charge in [0.25, 0.3) is 0 Å². The number of ether oxygens (including phenoxy) is 1. The van der Waals surface area contributed by atoms with Crippen molar-refractivity contribution in [2.45, 2.75) is 0 Å². The highest BCUT2D eigenvalue weighted by Gasteiger charge is 2.15. The Balaban J connectivity index is 0.00000261. The molecule has 0 spiro atoms. The van der Waals surface area contributed by atoms with Gasteiger partial charge in [0.1, 0.15) is 23.3 Å². The van der Waals surface area contributed by atoms with Gasteiger partial charge in [-0.15, -0.1) is 0 Å². The molecule has 0 saturated carbocycles. The van der Waals surface area contributed by atoms with Gasteiger partial charge in [-0.05, 0) is 18.2 Å². The molecule has 0 aliphatic carbocycles. The van der Waals surface area contributed by atoms with Crippen LogP contribution in [0.2, 0.25) is 0 Å². The predicted octanol–water partition coefficient (Wildman–Crippen LogP) is 2.69. The molecular formula is C17H17N3O6S. The molecule has 0 aliphatic rings. The standard InChI is InChI=1S/C17H14N2O6S.H3N/c1-26(22,23)19-13-8-15-12(17(21)14(9-24-15)18-10-20)7-16(13)25-11-5-3-2-4-6-11;/h2-10,19H,1H3,(H,18,20);1H3. The van der Waals surface area contributed by atoms with Crippen LogP contribution in [-0.2, 0) is 14.8 Å². The summed E-state index contributed by atoms with van der Waals surface area (Å²) in [7, 11) is -3.60. The Hall–Kier alpha value is -3.37. The van der Waals surface area contributed by atoms with Gasteiger partial charge in [-0.25, -0.2) is 8.42 Å². The minimum atomic E-state index is -3.60. The maximum atomic E-state index is 12.4. The molecule has 142 valence electrons. The molecule has 2 aromatic carbocycles.